The van der Waals surface area contributed by atoms with Gasteiger partial charge >= 0.3 is 0 Å². The Hall–Kier alpha value is -2.59. The van der Waals surface area contributed by atoms with Crippen LogP contribution in [0.5, 0.6) is 0 Å². The number of piperidine rings is 1. The van der Waals surface area contributed by atoms with Crippen LogP contribution in [0.15, 0.2) is 54.6 Å². The molecule has 8 nitrogen and oxygen atoms in total. The molecule has 0 saturated carbocycles. The molecule has 0 aliphatic carbocycles. The summed E-state index contributed by atoms with van der Waals surface area (Å²) in [4.78, 5) is 30.1. The average Bonchev–Trinajstić information content (AvgIpc) is 3.15. The summed E-state index contributed by atoms with van der Waals surface area (Å²) >= 11 is -2.18. The van der Waals surface area contributed by atoms with Gasteiger partial charge in [0.05, 0.1) is 30.5 Å². The first-order chi connectivity index (χ1) is 17.6. The van der Waals surface area contributed by atoms with Crippen LogP contribution in [0.4, 0.5) is 5.69 Å². The highest BCUT2D eigenvalue weighted by molar-refractivity contribution is 7.79. The minimum absolute atomic E-state index is 0.0324. The Morgan fingerprint density at radius 3 is 2.41 bits per heavy atom. The van der Waals surface area contributed by atoms with Gasteiger partial charge in [0.2, 0.25) is 5.91 Å². The molecule has 2 heterocycles. The van der Waals surface area contributed by atoms with Gasteiger partial charge in [-0.3, -0.25) is 13.8 Å². The Morgan fingerprint density at radius 2 is 1.76 bits per heavy atom. The maximum absolute atomic E-state index is 13.6. The molecule has 200 valence electrons. The molecule has 2 aliphatic rings. The van der Waals surface area contributed by atoms with Gasteiger partial charge in [0.15, 0.2) is 5.78 Å². The fraction of sp³-hybridized carbons (Fsp3) is 0.500. The third-order valence-corrected chi connectivity index (χ3v) is 8.06. The number of amides is 1. The van der Waals surface area contributed by atoms with Crippen LogP contribution in [0.1, 0.15) is 44.2 Å². The molecule has 2 atom stereocenters. The van der Waals surface area contributed by atoms with Crippen LogP contribution < -0.4 is 10.6 Å². The minimum Gasteiger partial charge on any atom is -0.771 e. The number of para-hydroxylation sites is 1. The Kier molecular flexibility index (Phi) is 8.48. The van der Waals surface area contributed by atoms with Crippen molar-refractivity contribution in [3.63, 3.8) is 0 Å². The van der Waals surface area contributed by atoms with E-state index >= 15 is 0 Å². The van der Waals surface area contributed by atoms with Crippen LogP contribution in [0.3, 0.4) is 0 Å². The number of hydrogen-bond acceptors (Lipinski definition) is 7. The van der Waals surface area contributed by atoms with Crippen molar-refractivity contribution >= 4 is 28.5 Å². The first kappa shape index (κ1) is 27.4. The largest absolute Gasteiger partial charge is 0.771 e. The van der Waals surface area contributed by atoms with E-state index in [-0.39, 0.29) is 36.0 Å². The summed E-state index contributed by atoms with van der Waals surface area (Å²) in [6.07, 6.45) is 1.49. The molecular weight excluding hydrogens is 490 g/mol. The van der Waals surface area contributed by atoms with E-state index in [9.17, 15) is 18.4 Å². The van der Waals surface area contributed by atoms with Gasteiger partial charge in [-0.15, -0.1) is 0 Å². The second-order valence-electron chi connectivity index (χ2n) is 10.8. The molecule has 37 heavy (non-hydrogen) atoms. The van der Waals surface area contributed by atoms with E-state index in [4.69, 9.17) is 10.5 Å². The Morgan fingerprint density at radius 1 is 1.11 bits per heavy atom. The lowest BCUT2D eigenvalue weighted by Crippen LogP contribution is -2.50. The Balaban J connectivity index is 1.44. The van der Waals surface area contributed by atoms with Crippen LogP contribution in [-0.4, -0.2) is 63.0 Å². The normalized spacial score (nSPS) is 18.5. The minimum atomic E-state index is -2.18. The van der Waals surface area contributed by atoms with E-state index in [0.717, 1.165) is 29.7 Å². The van der Waals surface area contributed by atoms with Crippen molar-refractivity contribution in [2.75, 3.05) is 37.0 Å². The molecule has 0 aromatic heterocycles. The molecular formula is C28H36N3O5S-. The molecule has 9 heteroatoms. The van der Waals surface area contributed by atoms with Crippen molar-refractivity contribution in [1.29, 1.82) is 0 Å². The van der Waals surface area contributed by atoms with E-state index in [1.165, 1.54) is 0 Å². The average molecular weight is 527 g/mol. The maximum atomic E-state index is 13.6. The number of ether oxygens (including phenoxy) is 1. The molecule has 1 fully saturated rings. The quantitative estimate of drug-likeness (QED) is 0.473. The van der Waals surface area contributed by atoms with Crippen molar-refractivity contribution in [2.45, 2.75) is 50.7 Å². The summed E-state index contributed by atoms with van der Waals surface area (Å²) in [5.74, 6) is -0.916. The lowest BCUT2D eigenvalue weighted by molar-refractivity contribution is -0.142. The van der Waals surface area contributed by atoms with Crippen molar-refractivity contribution in [1.82, 2.24) is 4.90 Å². The summed E-state index contributed by atoms with van der Waals surface area (Å²) in [5.41, 5.74) is 7.92. The number of carbonyl (C=O) groups is 2. The number of carbonyl (C=O) groups excluding carboxylic acids is 2. The van der Waals surface area contributed by atoms with Gasteiger partial charge in [-0.1, -0.05) is 48.5 Å². The summed E-state index contributed by atoms with van der Waals surface area (Å²) in [6.45, 7) is 5.51. The smallest absolute Gasteiger partial charge is 0.228 e. The second-order valence-corrected chi connectivity index (χ2v) is 11.7. The first-order valence-corrected chi connectivity index (χ1v) is 14.0. The highest BCUT2D eigenvalue weighted by atomic mass is 32.2. The van der Waals surface area contributed by atoms with Crippen LogP contribution >= 0.6 is 0 Å². The van der Waals surface area contributed by atoms with Crippen LogP contribution in [0.2, 0.25) is 0 Å². The Bertz CT molecular complexity index is 1130. The van der Waals surface area contributed by atoms with Crippen molar-refractivity contribution in [2.24, 2.45) is 11.7 Å². The number of ketones is 1. The molecule has 4 rings (SSSR count). The first-order valence-electron chi connectivity index (χ1n) is 12.7. The van der Waals surface area contributed by atoms with Crippen LogP contribution in [0.25, 0.3) is 0 Å². The summed E-state index contributed by atoms with van der Waals surface area (Å²) in [6, 6.07) is 17.7. The van der Waals surface area contributed by atoms with E-state index < -0.39 is 22.5 Å². The molecule has 2 aliphatic heterocycles. The lowest BCUT2D eigenvalue weighted by atomic mass is 9.74. The predicted molar refractivity (Wildman–Crippen MR) is 143 cm³/mol. The van der Waals surface area contributed by atoms with Gasteiger partial charge < -0.3 is 24.8 Å². The third-order valence-electron chi connectivity index (χ3n) is 7.53. The van der Waals surface area contributed by atoms with Gasteiger partial charge in [0, 0.05) is 37.2 Å². The van der Waals surface area contributed by atoms with Crippen LogP contribution in [-0.2, 0) is 37.4 Å². The van der Waals surface area contributed by atoms with E-state index in [1.54, 1.807) is 13.8 Å². The molecule has 0 radical (unpaired) electrons. The number of hydrogen-bond donors (Lipinski definition) is 1. The van der Waals surface area contributed by atoms with Crippen molar-refractivity contribution in [3.05, 3.63) is 65.7 Å². The topological polar surface area (TPSA) is 116 Å². The second kappa shape index (κ2) is 11.4. The van der Waals surface area contributed by atoms with Gasteiger partial charge in [-0.05, 0) is 55.0 Å². The summed E-state index contributed by atoms with van der Waals surface area (Å²) in [5, 5.41) is 0. The Labute approximate surface area is 221 Å². The third kappa shape index (κ3) is 6.46. The monoisotopic (exact) mass is 526 g/mol. The van der Waals surface area contributed by atoms with Gasteiger partial charge in [0.25, 0.3) is 0 Å². The SMILES string of the molecule is CC(C)(N)C(=O)C[C@H](COCc1ccccc1)C(=O)N1CCC2(CC1)CN(CS(=O)[O-])c1ccccc12. The van der Waals surface area contributed by atoms with Gasteiger partial charge in [-0.25, -0.2) is 0 Å². The maximum Gasteiger partial charge on any atom is 0.228 e. The highest BCUT2D eigenvalue weighted by Gasteiger charge is 2.45. The summed E-state index contributed by atoms with van der Waals surface area (Å²) in [7, 11) is 0. The zero-order valence-electron chi connectivity index (χ0n) is 21.6. The molecule has 2 N–H and O–H groups in total. The van der Waals surface area contributed by atoms with Crippen molar-refractivity contribution < 1.29 is 23.1 Å². The lowest BCUT2D eigenvalue weighted by Gasteiger charge is -2.41. The molecule has 1 spiro atoms. The van der Waals surface area contributed by atoms with Crippen LogP contribution in [0, 0.1) is 5.92 Å². The molecule has 1 unspecified atom stereocenters. The zero-order chi connectivity index (χ0) is 26.6. The predicted octanol–water partition coefficient (Wildman–Crippen LogP) is 2.73. The number of Topliss-reactive ketones (excluding diaryl/α,β-unsaturated/α-hetero) is 1. The zero-order valence-corrected chi connectivity index (χ0v) is 22.4. The fourth-order valence-electron chi connectivity index (χ4n) is 5.41. The van der Waals surface area contributed by atoms with Gasteiger partial charge in [0.1, 0.15) is 0 Å². The standard InChI is InChI=1S/C28H37N3O5S/c1-27(2,29)25(32)16-22(18-36-17-21-8-4-3-5-9-21)26(33)30-14-12-28(13-15-30)19-31(20-37(34)35)24-11-7-6-10-23(24)28/h3-11,22H,12-20,29H2,1-2H3,(H,34,35)/p-1/t22-/m1/s1. The van der Waals surface area contributed by atoms with Crippen molar-refractivity contribution in [3.8, 4) is 0 Å². The highest BCUT2D eigenvalue weighted by Crippen LogP contribution is 2.47. The number of nitrogens with zero attached hydrogens (tertiary/aromatic N) is 2. The molecule has 1 amide bonds. The van der Waals surface area contributed by atoms with E-state index in [0.29, 0.717) is 26.2 Å². The number of rotatable bonds is 10. The molecule has 2 aromatic carbocycles. The van der Waals surface area contributed by atoms with E-state index in [2.05, 4.69) is 6.07 Å². The molecule has 1 saturated heterocycles. The number of anilines is 1. The summed E-state index contributed by atoms with van der Waals surface area (Å²) < 4.78 is 28.8. The number of benzene rings is 2. The van der Waals surface area contributed by atoms with Gasteiger partial charge in [-0.2, -0.15) is 0 Å². The molecule has 2 aromatic rings. The van der Waals surface area contributed by atoms with E-state index in [1.807, 2.05) is 58.3 Å². The fourth-order valence-corrected chi connectivity index (χ4v) is 5.90. The number of nitrogens with two attached hydrogens (primary N) is 1. The molecule has 0 bridgehead atoms. The number of likely N-dealkylation sites (tertiary alicyclic amines) is 1. The number of fused-ring (bicyclic) bond motifs is 2.